The lowest BCUT2D eigenvalue weighted by Crippen LogP contribution is -2.01. The minimum absolute atomic E-state index is 0.925. The summed E-state index contributed by atoms with van der Waals surface area (Å²) in [6, 6.07) is 8.31. The maximum atomic E-state index is 3.39. The van der Waals surface area contributed by atoms with E-state index in [4.69, 9.17) is 0 Å². The number of hydrogen-bond acceptors (Lipinski definition) is 2. The molecule has 0 aliphatic rings. The molecule has 0 atom stereocenters. The van der Waals surface area contributed by atoms with Gasteiger partial charge in [0.1, 0.15) is 0 Å². The molecule has 0 aliphatic carbocycles. The predicted molar refractivity (Wildman–Crippen MR) is 54.5 cm³/mol. The molecule has 0 bridgehead atoms. The van der Waals surface area contributed by atoms with Gasteiger partial charge in [0.15, 0.2) is 0 Å². The van der Waals surface area contributed by atoms with Gasteiger partial charge in [-0.2, -0.15) is 0 Å². The molecule has 11 heavy (non-hydrogen) atoms. The molecule has 1 aromatic rings. The van der Waals surface area contributed by atoms with Crippen LogP contribution in [-0.2, 0) is 6.54 Å². The van der Waals surface area contributed by atoms with Gasteiger partial charge in [-0.25, -0.2) is 0 Å². The fraction of sp³-hybridized carbons (Fsp3) is 0.250. The van der Waals surface area contributed by atoms with Crippen LogP contribution < -0.4 is 4.72 Å². The monoisotopic (exact) mass is 231 g/mol. The minimum atomic E-state index is 0.925. The SMILES string of the molecule is CSNCc1ccc(Br)cc1. The molecule has 0 radical (unpaired) electrons. The Bertz CT molecular complexity index is 210. The van der Waals surface area contributed by atoms with E-state index in [0.29, 0.717) is 0 Å². The molecular formula is C8H10BrNS. The summed E-state index contributed by atoms with van der Waals surface area (Å²) in [5.41, 5.74) is 1.31. The van der Waals surface area contributed by atoms with Crippen molar-refractivity contribution in [3.8, 4) is 0 Å². The highest BCUT2D eigenvalue weighted by atomic mass is 79.9. The van der Waals surface area contributed by atoms with Crippen molar-refractivity contribution in [1.29, 1.82) is 0 Å². The second kappa shape index (κ2) is 4.80. The van der Waals surface area contributed by atoms with Gasteiger partial charge < -0.3 is 0 Å². The third-order valence-corrected chi connectivity index (χ3v) is 2.30. The van der Waals surface area contributed by atoms with Gasteiger partial charge in [0, 0.05) is 11.0 Å². The Morgan fingerprint density at radius 2 is 2.00 bits per heavy atom. The van der Waals surface area contributed by atoms with Crippen LogP contribution in [0.2, 0.25) is 0 Å². The Kier molecular flexibility index (Phi) is 3.97. The van der Waals surface area contributed by atoms with Crippen LogP contribution in [0.4, 0.5) is 0 Å². The smallest absolute Gasteiger partial charge is 0.0309 e. The van der Waals surface area contributed by atoms with E-state index < -0.39 is 0 Å². The summed E-state index contributed by atoms with van der Waals surface area (Å²) in [6.07, 6.45) is 2.03. The topological polar surface area (TPSA) is 12.0 Å². The molecule has 60 valence electrons. The summed E-state index contributed by atoms with van der Waals surface area (Å²) in [4.78, 5) is 0. The van der Waals surface area contributed by atoms with Gasteiger partial charge in [0.2, 0.25) is 0 Å². The van der Waals surface area contributed by atoms with Crippen LogP contribution in [0, 0.1) is 0 Å². The third kappa shape index (κ3) is 3.27. The van der Waals surface area contributed by atoms with Gasteiger partial charge >= 0.3 is 0 Å². The normalized spacial score (nSPS) is 10.0. The average Bonchev–Trinajstić information content (AvgIpc) is 2.04. The number of benzene rings is 1. The van der Waals surface area contributed by atoms with E-state index in [1.807, 2.05) is 6.26 Å². The molecule has 0 saturated heterocycles. The molecule has 0 unspecified atom stereocenters. The molecule has 1 aromatic carbocycles. The Balaban J connectivity index is 2.52. The zero-order valence-corrected chi connectivity index (χ0v) is 8.71. The Morgan fingerprint density at radius 1 is 1.36 bits per heavy atom. The van der Waals surface area contributed by atoms with Crippen molar-refractivity contribution in [2.45, 2.75) is 6.54 Å². The number of rotatable bonds is 3. The lowest BCUT2D eigenvalue weighted by molar-refractivity contribution is 0.979. The van der Waals surface area contributed by atoms with Gasteiger partial charge in [0.25, 0.3) is 0 Å². The third-order valence-electron chi connectivity index (χ3n) is 1.33. The Hall–Kier alpha value is 0.01000. The van der Waals surface area contributed by atoms with Crippen molar-refractivity contribution in [3.63, 3.8) is 0 Å². The van der Waals surface area contributed by atoms with Crippen LogP contribution in [-0.4, -0.2) is 6.26 Å². The van der Waals surface area contributed by atoms with E-state index in [1.54, 1.807) is 11.9 Å². The van der Waals surface area contributed by atoms with Gasteiger partial charge in [-0.1, -0.05) is 40.0 Å². The minimum Gasteiger partial charge on any atom is -0.260 e. The van der Waals surface area contributed by atoms with E-state index in [9.17, 15) is 0 Å². The summed E-state index contributed by atoms with van der Waals surface area (Å²) in [5, 5.41) is 0. The lowest BCUT2D eigenvalue weighted by Gasteiger charge is -2.00. The first-order valence-corrected chi connectivity index (χ1v) is 5.35. The maximum absolute atomic E-state index is 3.39. The van der Waals surface area contributed by atoms with E-state index in [1.165, 1.54) is 5.56 Å². The number of hydrogen-bond donors (Lipinski definition) is 1. The van der Waals surface area contributed by atoms with Crippen molar-refractivity contribution >= 4 is 27.9 Å². The molecule has 0 amide bonds. The second-order valence-electron chi connectivity index (χ2n) is 2.15. The Morgan fingerprint density at radius 3 is 2.55 bits per heavy atom. The average molecular weight is 232 g/mol. The zero-order chi connectivity index (χ0) is 8.10. The van der Waals surface area contributed by atoms with E-state index in [2.05, 4.69) is 44.9 Å². The van der Waals surface area contributed by atoms with E-state index in [0.717, 1.165) is 11.0 Å². The van der Waals surface area contributed by atoms with Gasteiger partial charge in [-0.3, -0.25) is 4.72 Å². The molecule has 1 nitrogen and oxygen atoms in total. The first kappa shape index (κ1) is 9.10. The zero-order valence-electron chi connectivity index (χ0n) is 6.30. The highest BCUT2D eigenvalue weighted by Crippen LogP contribution is 2.10. The summed E-state index contributed by atoms with van der Waals surface area (Å²) in [6.45, 7) is 0.925. The molecule has 1 N–H and O–H groups in total. The lowest BCUT2D eigenvalue weighted by atomic mass is 10.2. The molecule has 0 aliphatic heterocycles. The number of halogens is 1. The molecular weight excluding hydrogens is 222 g/mol. The van der Waals surface area contributed by atoms with Crippen molar-refractivity contribution in [2.75, 3.05) is 6.26 Å². The largest absolute Gasteiger partial charge is 0.260 e. The molecule has 0 aromatic heterocycles. The fourth-order valence-electron chi connectivity index (χ4n) is 0.758. The summed E-state index contributed by atoms with van der Waals surface area (Å²) in [5.74, 6) is 0. The molecule has 3 heteroatoms. The highest BCUT2D eigenvalue weighted by Gasteiger charge is 1.90. The van der Waals surface area contributed by atoms with Crippen LogP contribution >= 0.6 is 27.9 Å². The fourth-order valence-corrected chi connectivity index (χ4v) is 1.33. The van der Waals surface area contributed by atoms with Gasteiger partial charge in [-0.15, -0.1) is 0 Å². The van der Waals surface area contributed by atoms with Crippen molar-refractivity contribution in [3.05, 3.63) is 34.3 Å². The summed E-state index contributed by atoms with van der Waals surface area (Å²) >= 11 is 5.03. The standard InChI is InChI=1S/C8H10BrNS/c1-11-10-6-7-2-4-8(9)5-3-7/h2-5,10H,6H2,1H3. The molecule has 0 saturated carbocycles. The Labute approximate surface area is 79.8 Å². The van der Waals surface area contributed by atoms with Crippen LogP contribution in [0.25, 0.3) is 0 Å². The van der Waals surface area contributed by atoms with Crippen molar-refractivity contribution < 1.29 is 0 Å². The van der Waals surface area contributed by atoms with Crippen molar-refractivity contribution in [2.24, 2.45) is 0 Å². The maximum Gasteiger partial charge on any atom is 0.0309 e. The highest BCUT2D eigenvalue weighted by molar-refractivity contribution is 9.10. The molecule has 1 rings (SSSR count). The predicted octanol–water partition coefficient (Wildman–Crippen LogP) is 2.82. The van der Waals surface area contributed by atoms with Gasteiger partial charge in [-0.05, 0) is 24.0 Å². The van der Waals surface area contributed by atoms with Gasteiger partial charge in [0.05, 0.1) is 0 Å². The summed E-state index contributed by atoms with van der Waals surface area (Å²) < 4.78 is 4.32. The first-order chi connectivity index (χ1) is 5.33. The molecule has 0 spiro atoms. The van der Waals surface area contributed by atoms with E-state index in [-0.39, 0.29) is 0 Å². The van der Waals surface area contributed by atoms with Crippen LogP contribution in [0.15, 0.2) is 28.7 Å². The number of nitrogens with one attached hydrogen (secondary N) is 1. The van der Waals surface area contributed by atoms with Crippen molar-refractivity contribution in [1.82, 2.24) is 4.72 Å². The first-order valence-electron chi connectivity index (χ1n) is 3.33. The van der Waals surface area contributed by atoms with Crippen LogP contribution in [0.3, 0.4) is 0 Å². The molecule has 0 fully saturated rings. The van der Waals surface area contributed by atoms with Crippen LogP contribution in [0.1, 0.15) is 5.56 Å². The van der Waals surface area contributed by atoms with E-state index >= 15 is 0 Å². The molecule has 0 heterocycles. The quantitative estimate of drug-likeness (QED) is 0.804. The van der Waals surface area contributed by atoms with Crippen LogP contribution in [0.5, 0.6) is 0 Å². The second-order valence-corrected chi connectivity index (χ2v) is 3.76. The summed E-state index contributed by atoms with van der Waals surface area (Å²) in [7, 11) is 0.